The van der Waals surface area contributed by atoms with E-state index in [9.17, 15) is 13.6 Å². The number of rotatable bonds is 5. The van der Waals surface area contributed by atoms with E-state index in [0.717, 1.165) is 19.3 Å². The fraction of sp³-hybridized carbons (Fsp3) is 0.562. The van der Waals surface area contributed by atoms with Gasteiger partial charge in [0.2, 0.25) is 0 Å². The van der Waals surface area contributed by atoms with Crippen LogP contribution in [0, 0.1) is 0 Å². The number of nitrogens with two attached hydrogens (primary N) is 1. The minimum atomic E-state index is -2.95. The molecule has 5 nitrogen and oxygen atoms in total. The molecule has 128 valence electrons. The summed E-state index contributed by atoms with van der Waals surface area (Å²) in [4.78, 5) is 14.5. The molecule has 2 rings (SSSR count). The molecule has 2 unspecified atom stereocenters. The van der Waals surface area contributed by atoms with Gasteiger partial charge in [-0.15, -0.1) is 0 Å². The van der Waals surface area contributed by atoms with E-state index in [4.69, 9.17) is 10.5 Å². The Morgan fingerprint density at radius 2 is 2.09 bits per heavy atom. The van der Waals surface area contributed by atoms with E-state index in [1.165, 1.54) is 25.3 Å². The van der Waals surface area contributed by atoms with Gasteiger partial charge in [0, 0.05) is 24.2 Å². The van der Waals surface area contributed by atoms with E-state index in [1.54, 1.807) is 4.90 Å². The molecule has 1 fully saturated rings. The van der Waals surface area contributed by atoms with Gasteiger partial charge in [-0.2, -0.15) is 8.78 Å². The first-order chi connectivity index (χ1) is 10.9. The summed E-state index contributed by atoms with van der Waals surface area (Å²) in [6.45, 7) is -0.422. The van der Waals surface area contributed by atoms with Crippen LogP contribution < -0.4 is 15.2 Å². The van der Waals surface area contributed by atoms with Crippen molar-refractivity contribution >= 4 is 5.91 Å². The summed E-state index contributed by atoms with van der Waals surface area (Å²) in [5.41, 5.74) is 6.36. The van der Waals surface area contributed by atoms with E-state index in [0.29, 0.717) is 12.1 Å². The molecule has 0 aliphatic carbocycles. The molecule has 0 radical (unpaired) electrons. The van der Waals surface area contributed by atoms with E-state index in [2.05, 4.69) is 4.74 Å². The molecule has 2 N–H and O–H groups in total. The van der Waals surface area contributed by atoms with Crippen LogP contribution in [-0.4, -0.2) is 43.2 Å². The third-order valence-electron chi connectivity index (χ3n) is 4.04. The SMILES string of the molecule is COc1cc(C(=O)N2CCCCC2C(C)N)ccc1OC(F)F. The molecule has 0 bridgehead atoms. The number of carbonyl (C=O) groups excluding carboxylic acids is 1. The largest absolute Gasteiger partial charge is 0.493 e. The average molecular weight is 328 g/mol. The Morgan fingerprint density at radius 1 is 1.35 bits per heavy atom. The molecule has 1 saturated heterocycles. The van der Waals surface area contributed by atoms with Crippen LogP contribution in [0.5, 0.6) is 11.5 Å². The maximum Gasteiger partial charge on any atom is 0.387 e. The highest BCUT2D eigenvalue weighted by Gasteiger charge is 2.30. The van der Waals surface area contributed by atoms with Gasteiger partial charge in [0.1, 0.15) is 0 Å². The quantitative estimate of drug-likeness (QED) is 0.902. The standard InChI is InChI=1S/C16H22F2N2O3/c1-10(19)12-5-3-4-8-20(12)15(21)11-6-7-13(23-16(17)18)14(9-11)22-2/h6-7,9-10,12,16H,3-5,8,19H2,1-2H3. The highest BCUT2D eigenvalue weighted by Crippen LogP contribution is 2.31. The van der Waals surface area contributed by atoms with E-state index < -0.39 is 6.61 Å². The van der Waals surface area contributed by atoms with Crippen molar-refractivity contribution in [1.82, 2.24) is 4.90 Å². The van der Waals surface area contributed by atoms with Gasteiger partial charge in [0.25, 0.3) is 5.91 Å². The number of carbonyl (C=O) groups is 1. The fourth-order valence-electron chi connectivity index (χ4n) is 2.92. The fourth-order valence-corrected chi connectivity index (χ4v) is 2.92. The Bertz CT molecular complexity index is 552. The topological polar surface area (TPSA) is 64.8 Å². The number of piperidine rings is 1. The van der Waals surface area contributed by atoms with Crippen molar-refractivity contribution in [3.05, 3.63) is 23.8 Å². The normalized spacial score (nSPS) is 19.6. The zero-order valence-corrected chi connectivity index (χ0v) is 13.3. The van der Waals surface area contributed by atoms with Gasteiger partial charge in [-0.05, 0) is 44.4 Å². The van der Waals surface area contributed by atoms with E-state index >= 15 is 0 Å². The van der Waals surface area contributed by atoms with Crippen LogP contribution in [0.1, 0.15) is 36.5 Å². The lowest BCUT2D eigenvalue weighted by Gasteiger charge is -2.38. The second-order valence-electron chi connectivity index (χ2n) is 5.66. The van der Waals surface area contributed by atoms with Gasteiger partial charge in [-0.1, -0.05) is 0 Å². The van der Waals surface area contributed by atoms with Gasteiger partial charge in [0.05, 0.1) is 7.11 Å². The molecule has 1 heterocycles. The summed E-state index contributed by atoms with van der Waals surface area (Å²) in [6.07, 6.45) is 2.84. The third kappa shape index (κ3) is 4.10. The van der Waals surface area contributed by atoms with Crippen molar-refractivity contribution in [2.45, 2.75) is 44.9 Å². The van der Waals surface area contributed by atoms with Crippen LogP contribution in [-0.2, 0) is 0 Å². The van der Waals surface area contributed by atoms with Crippen molar-refractivity contribution in [3.63, 3.8) is 0 Å². The van der Waals surface area contributed by atoms with E-state index in [1.807, 2.05) is 6.92 Å². The lowest BCUT2D eigenvalue weighted by atomic mass is 9.96. The molecule has 2 atom stereocenters. The van der Waals surface area contributed by atoms with Gasteiger partial charge in [0.15, 0.2) is 11.5 Å². The molecular formula is C16H22F2N2O3. The summed E-state index contributed by atoms with van der Waals surface area (Å²) in [6, 6.07) is 4.08. The Balaban J connectivity index is 2.24. The molecular weight excluding hydrogens is 306 g/mol. The lowest BCUT2D eigenvalue weighted by molar-refractivity contribution is -0.0512. The number of hydrogen-bond donors (Lipinski definition) is 1. The minimum absolute atomic E-state index is 0.0146. The number of methoxy groups -OCH3 is 1. The summed E-state index contributed by atoms with van der Waals surface area (Å²) in [5.74, 6) is -0.166. The number of likely N-dealkylation sites (tertiary alicyclic amines) is 1. The van der Waals surface area contributed by atoms with Crippen LogP contribution in [0.15, 0.2) is 18.2 Å². The Kier molecular flexibility index (Phi) is 5.76. The van der Waals surface area contributed by atoms with Crippen molar-refractivity contribution in [3.8, 4) is 11.5 Å². The first-order valence-electron chi connectivity index (χ1n) is 7.63. The second kappa shape index (κ2) is 7.59. The average Bonchev–Trinajstić information content (AvgIpc) is 2.54. The lowest BCUT2D eigenvalue weighted by Crippen LogP contribution is -2.51. The minimum Gasteiger partial charge on any atom is -0.493 e. The Morgan fingerprint density at radius 3 is 2.70 bits per heavy atom. The third-order valence-corrected chi connectivity index (χ3v) is 4.04. The molecule has 7 heteroatoms. The summed E-state index contributed by atoms with van der Waals surface area (Å²) < 4.78 is 34.1. The predicted molar refractivity (Wildman–Crippen MR) is 82.0 cm³/mol. The summed E-state index contributed by atoms with van der Waals surface area (Å²) in [7, 11) is 1.34. The molecule has 1 aromatic rings. The number of nitrogens with zero attached hydrogens (tertiary/aromatic N) is 1. The molecule has 1 aliphatic heterocycles. The van der Waals surface area contributed by atoms with Gasteiger partial charge < -0.3 is 20.1 Å². The smallest absolute Gasteiger partial charge is 0.387 e. The highest BCUT2D eigenvalue weighted by molar-refractivity contribution is 5.95. The molecule has 23 heavy (non-hydrogen) atoms. The first-order valence-corrected chi connectivity index (χ1v) is 7.63. The van der Waals surface area contributed by atoms with Gasteiger partial charge >= 0.3 is 6.61 Å². The maximum atomic E-state index is 12.7. The summed E-state index contributed by atoms with van der Waals surface area (Å²) >= 11 is 0. The van der Waals surface area contributed by atoms with Crippen molar-refractivity contribution < 1.29 is 23.0 Å². The van der Waals surface area contributed by atoms with Crippen LogP contribution in [0.2, 0.25) is 0 Å². The van der Waals surface area contributed by atoms with Crippen LogP contribution >= 0.6 is 0 Å². The van der Waals surface area contributed by atoms with Crippen LogP contribution in [0.3, 0.4) is 0 Å². The van der Waals surface area contributed by atoms with Crippen molar-refractivity contribution in [2.75, 3.05) is 13.7 Å². The van der Waals surface area contributed by atoms with Crippen LogP contribution in [0.25, 0.3) is 0 Å². The van der Waals surface area contributed by atoms with Crippen molar-refractivity contribution in [2.24, 2.45) is 5.73 Å². The maximum absolute atomic E-state index is 12.7. The molecule has 1 amide bonds. The second-order valence-corrected chi connectivity index (χ2v) is 5.66. The van der Waals surface area contributed by atoms with E-state index in [-0.39, 0.29) is 29.5 Å². The number of halogens is 2. The Hall–Kier alpha value is -1.89. The predicted octanol–water partition coefficient (Wildman–Crippen LogP) is 2.64. The number of ether oxygens (including phenoxy) is 2. The molecule has 0 saturated carbocycles. The number of benzene rings is 1. The molecule has 1 aliphatic rings. The zero-order chi connectivity index (χ0) is 17.0. The monoisotopic (exact) mass is 328 g/mol. The van der Waals surface area contributed by atoms with Gasteiger partial charge in [-0.3, -0.25) is 4.79 Å². The first kappa shape index (κ1) is 17.5. The number of hydrogen-bond acceptors (Lipinski definition) is 4. The van der Waals surface area contributed by atoms with Crippen LogP contribution in [0.4, 0.5) is 8.78 Å². The number of alkyl halides is 2. The van der Waals surface area contributed by atoms with Gasteiger partial charge in [-0.25, -0.2) is 0 Å². The molecule has 0 aromatic heterocycles. The highest BCUT2D eigenvalue weighted by atomic mass is 19.3. The number of amides is 1. The molecule has 0 spiro atoms. The zero-order valence-electron chi connectivity index (χ0n) is 13.3. The Labute approximate surface area is 134 Å². The summed E-state index contributed by atoms with van der Waals surface area (Å²) in [5, 5.41) is 0. The van der Waals surface area contributed by atoms with Crippen molar-refractivity contribution in [1.29, 1.82) is 0 Å². The molecule has 1 aromatic carbocycles.